The molecule has 1 unspecified atom stereocenters. The van der Waals surface area contributed by atoms with E-state index < -0.39 is 6.04 Å². The van der Waals surface area contributed by atoms with E-state index in [9.17, 15) is 9.59 Å². The number of rotatable bonds is 4. The van der Waals surface area contributed by atoms with Crippen molar-refractivity contribution in [2.45, 2.75) is 19.9 Å². The summed E-state index contributed by atoms with van der Waals surface area (Å²) in [6.45, 7) is 3.80. The minimum absolute atomic E-state index is 0.00161. The molecule has 1 saturated heterocycles. The summed E-state index contributed by atoms with van der Waals surface area (Å²) in [6.07, 6.45) is 0. The fourth-order valence-electron chi connectivity index (χ4n) is 2.29. The molecule has 2 amide bonds. The minimum atomic E-state index is -0.511. The van der Waals surface area contributed by atoms with Crippen LogP contribution < -0.4 is 19.7 Å². The highest BCUT2D eigenvalue weighted by molar-refractivity contribution is 6.06. The number of carbonyl (C=O) groups excluding carboxylic acids is 2. The molecule has 1 aromatic carbocycles. The maximum Gasteiger partial charge on any atom is 0.250 e. The summed E-state index contributed by atoms with van der Waals surface area (Å²) in [5.41, 5.74) is 0.594. The molecule has 0 aliphatic carbocycles. The Morgan fingerprint density at radius 2 is 1.71 bits per heavy atom. The number of anilines is 1. The van der Waals surface area contributed by atoms with E-state index in [4.69, 9.17) is 9.47 Å². The van der Waals surface area contributed by atoms with Gasteiger partial charge in [0.15, 0.2) is 0 Å². The van der Waals surface area contributed by atoms with Crippen LogP contribution in [0.4, 0.5) is 5.69 Å². The lowest BCUT2D eigenvalue weighted by Gasteiger charge is -2.34. The van der Waals surface area contributed by atoms with E-state index in [-0.39, 0.29) is 24.3 Å². The normalized spacial score (nSPS) is 18.7. The lowest BCUT2D eigenvalue weighted by atomic mass is 10.0. The first-order valence-corrected chi connectivity index (χ1v) is 6.80. The Labute approximate surface area is 124 Å². The number of piperazine rings is 1. The van der Waals surface area contributed by atoms with E-state index in [0.717, 1.165) is 0 Å². The van der Waals surface area contributed by atoms with Crippen molar-refractivity contribution in [3.8, 4) is 11.5 Å². The molecule has 2 rings (SSSR count). The van der Waals surface area contributed by atoms with E-state index >= 15 is 0 Å². The number of hydrogen-bond acceptors (Lipinski definition) is 4. The summed E-state index contributed by atoms with van der Waals surface area (Å²) in [4.78, 5) is 25.9. The first kappa shape index (κ1) is 15.2. The molecule has 6 heteroatoms. The van der Waals surface area contributed by atoms with Gasteiger partial charge < -0.3 is 19.7 Å². The highest BCUT2D eigenvalue weighted by Crippen LogP contribution is 2.30. The molecule has 1 aromatic rings. The number of amides is 2. The quantitative estimate of drug-likeness (QED) is 0.905. The second kappa shape index (κ2) is 6.03. The highest BCUT2D eigenvalue weighted by Gasteiger charge is 2.35. The van der Waals surface area contributed by atoms with Crippen LogP contribution in [-0.4, -0.2) is 38.6 Å². The molecule has 0 spiro atoms. The van der Waals surface area contributed by atoms with Crippen LogP contribution in [0.1, 0.15) is 13.8 Å². The third kappa shape index (κ3) is 3.09. The molecule has 0 radical (unpaired) electrons. The molecule has 6 nitrogen and oxygen atoms in total. The number of benzene rings is 1. The van der Waals surface area contributed by atoms with E-state index in [1.807, 2.05) is 13.8 Å². The Balaban J connectivity index is 2.39. The molecule has 0 saturated carbocycles. The zero-order valence-electron chi connectivity index (χ0n) is 12.7. The van der Waals surface area contributed by atoms with Crippen LogP contribution in [0.15, 0.2) is 18.2 Å². The maximum atomic E-state index is 12.5. The van der Waals surface area contributed by atoms with Gasteiger partial charge in [-0.2, -0.15) is 0 Å². The van der Waals surface area contributed by atoms with Crippen LogP contribution >= 0.6 is 0 Å². The molecule has 21 heavy (non-hydrogen) atoms. The lowest BCUT2D eigenvalue weighted by Crippen LogP contribution is -2.60. The van der Waals surface area contributed by atoms with Crippen molar-refractivity contribution in [2.75, 3.05) is 25.7 Å². The number of methoxy groups -OCH3 is 2. The monoisotopic (exact) mass is 292 g/mol. The Bertz CT molecular complexity index is 534. The standard InChI is InChI=1S/C15H20N2O4/c1-9(2)14-15(19)17(8-13(18)16-14)10-5-11(20-3)7-12(6-10)21-4/h5-7,9,14H,8H2,1-4H3,(H,16,18). The number of nitrogens with zero attached hydrogens (tertiary/aromatic N) is 1. The average Bonchev–Trinajstić information content (AvgIpc) is 2.48. The van der Waals surface area contributed by atoms with Crippen molar-refractivity contribution < 1.29 is 19.1 Å². The van der Waals surface area contributed by atoms with Crippen LogP contribution in [0.2, 0.25) is 0 Å². The van der Waals surface area contributed by atoms with Gasteiger partial charge in [0.25, 0.3) is 0 Å². The van der Waals surface area contributed by atoms with Gasteiger partial charge in [-0.25, -0.2) is 0 Å². The van der Waals surface area contributed by atoms with Crippen LogP contribution in [0.3, 0.4) is 0 Å². The minimum Gasteiger partial charge on any atom is -0.497 e. The first-order chi connectivity index (χ1) is 9.96. The Morgan fingerprint density at radius 1 is 1.14 bits per heavy atom. The van der Waals surface area contributed by atoms with Gasteiger partial charge in [0.05, 0.1) is 19.9 Å². The predicted molar refractivity (Wildman–Crippen MR) is 78.7 cm³/mol. The van der Waals surface area contributed by atoms with E-state index in [1.54, 1.807) is 32.4 Å². The first-order valence-electron chi connectivity index (χ1n) is 6.80. The summed E-state index contributed by atoms with van der Waals surface area (Å²) in [6, 6.07) is 4.65. The van der Waals surface area contributed by atoms with Gasteiger partial charge in [0, 0.05) is 18.2 Å². The van der Waals surface area contributed by atoms with Crippen molar-refractivity contribution in [1.29, 1.82) is 0 Å². The topological polar surface area (TPSA) is 67.9 Å². The summed E-state index contributed by atoms with van der Waals surface area (Å²) in [5.74, 6) is 0.875. The van der Waals surface area contributed by atoms with Gasteiger partial charge >= 0.3 is 0 Å². The number of carbonyl (C=O) groups is 2. The van der Waals surface area contributed by atoms with E-state index in [0.29, 0.717) is 17.2 Å². The number of ether oxygens (including phenoxy) is 2. The average molecular weight is 292 g/mol. The Hall–Kier alpha value is -2.24. The Morgan fingerprint density at radius 3 is 2.19 bits per heavy atom. The van der Waals surface area contributed by atoms with Crippen LogP contribution in [0.5, 0.6) is 11.5 Å². The molecule has 0 aromatic heterocycles. The van der Waals surface area contributed by atoms with Gasteiger partial charge in [-0.3, -0.25) is 9.59 Å². The van der Waals surface area contributed by atoms with E-state index in [1.165, 1.54) is 4.90 Å². The molecular weight excluding hydrogens is 272 g/mol. The fraction of sp³-hybridized carbons (Fsp3) is 0.467. The Kier molecular flexibility index (Phi) is 4.35. The highest BCUT2D eigenvalue weighted by atomic mass is 16.5. The maximum absolute atomic E-state index is 12.5. The van der Waals surface area contributed by atoms with Crippen molar-refractivity contribution in [1.82, 2.24) is 5.32 Å². The molecule has 1 aliphatic heterocycles. The molecule has 1 aliphatic rings. The SMILES string of the molecule is COc1cc(OC)cc(N2CC(=O)NC(C(C)C)C2=O)c1. The summed E-state index contributed by atoms with van der Waals surface area (Å²) in [7, 11) is 3.08. The second-order valence-corrected chi connectivity index (χ2v) is 5.28. The van der Waals surface area contributed by atoms with Crippen molar-refractivity contribution >= 4 is 17.5 Å². The zero-order valence-corrected chi connectivity index (χ0v) is 12.7. The molecule has 1 fully saturated rings. The molecule has 1 atom stereocenters. The number of nitrogens with one attached hydrogen (secondary N) is 1. The third-order valence-corrected chi connectivity index (χ3v) is 3.46. The summed E-state index contributed by atoms with van der Waals surface area (Å²) in [5, 5.41) is 2.73. The summed E-state index contributed by atoms with van der Waals surface area (Å²) < 4.78 is 10.4. The number of hydrogen-bond donors (Lipinski definition) is 1. The molecule has 0 bridgehead atoms. The predicted octanol–water partition coefficient (Wildman–Crippen LogP) is 1.19. The van der Waals surface area contributed by atoms with E-state index in [2.05, 4.69) is 5.32 Å². The molecule has 114 valence electrons. The molecule has 1 N–H and O–H groups in total. The van der Waals surface area contributed by atoms with Crippen molar-refractivity contribution in [3.05, 3.63) is 18.2 Å². The molecule has 1 heterocycles. The lowest BCUT2D eigenvalue weighted by molar-refractivity contribution is -0.132. The van der Waals surface area contributed by atoms with Crippen LogP contribution in [0.25, 0.3) is 0 Å². The smallest absolute Gasteiger partial charge is 0.250 e. The largest absolute Gasteiger partial charge is 0.497 e. The zero-order chi connectivity index (χ0) is 15.6. The van der Waals surface area contributed by atoms with Gasteiger partial charge in [-0.05, 0) is 5.92 Å². The van der Waals surface area contributed by atoms with Crippen molar-refractivity contribution in [3.63, 3.8) is 0 Å². The fourth-order valence-corrected chi connectivity index (χ4v) is 2.29. The van der Waals surface area contributed by atoms with Gasteiger partial charge in [0.1, 0.15) is 24.1 Å². The second-order valence-electron chi connectivity index (χ2n) is 5.28. The summed E-state index contributed by atoms with van der Waals surface area (Å²) >= 11 is 0. The van der Waals surface area contributed by atoms with Gasteiger partial charge in [0.2, 0.25) is 11.8 Å². The molecular formula is C15H20N2O4. The third-order valence-electron chi connectivity index (χ3n) is 3.46. The van der Waals surface area contributed by atoms with Gasteiger partial charge in [-0.1, -0.05) is 13.8 Å². The van der Waals surface area contributed by atoms with Gasteiger partial charge in [-0.15, -0.1) is 0 Å². The van der Waals surface area contributed by atoms with Crippen LogP contribution in [-0.2, 0) is 9.59 Å². The van der Waals surface area contributed by atoms with Crippen LogP contribution in [0, 0.1) is 5.92 Å². The van der Waals surface area contributed by atoms with Crippen molar-refractivity contribution in [2.24, 2.45) is 5.92 Å².